The van der Waals surface area contributed by atoms with Gasteiger partial charge < -0.3 is 20.5 Å². The zero-order valence-electron chi connectivity index (χ0n) is 17.3. The molecule has 4 aromatic rings. The molecule has 0 radical (unpaired) electrons. The van der Waals surface area contributed by atoms with Crippen LogP contribution in [0, 0.1) is 13.8 Å². The van der Waals surface area contributed by atoms with Crippen LogP contribution in [0.5, 0.6) is 11.5 Å². The fourth-order valence-corrected chi connectivity index (χ4v) is 3.25. The van der Waals surface area contributed by atoms with Crippen molar-refractivity contribution in [1.82, 2.24) is 24.7 Å². The number of hydrogen-bond acceptors (Lipinski definition) is 8. The molecule has 9 heteroatoms. The lowest BCUT2D eigenvalue weighted by molar-refractivity contribution is 0.356. The van der Waals surface area contributed by atoms with Crippen LogP contribution in [0.1, 0.15) is 17.0 Å². The van der Waals surface area contributed by atoms with Crippen molar-refractivity contribution in [2.75, 3.05) is 25.3 Å². The first kappa shape index (κ1) is 19.4. The Balaban J connectivity index is 1.54. The quantitative estimate of drug-likeness (QED) is 0.503. The second-order valence-electron chi connectivity index (χ2n) is 6.87. The number of ether oxygens (including phenoxy) is 2. The Morgan fingerprint density at radius 2 is 1.80 bits per heavy atom. The molecule has 0 fully saturated rings. The van der Waals surface area contributed by atoms with Crippen LogP contribution in [0.25, 0.3) is 16.7 Å². The van der Waals surface area contributed by atoms with Gasteiger partial charge >= 0.3 is 0 Å². The van der Waals surface area contributed by atoms with Gasteiger partial charge in [0, 0.05) is 29.9 Å². The molecule has 0 spiro atoms. The smallest absolute Gasteiger partial charge is 0.225 e. The summed E-state index contributed by atoms with van der Waals surface area (Å²) in [5.41, 5.74) is 9.78. The molecule has 0 aliphatic heterocycles. The van der Waals surface area contributed by atoms with Crippen molar-refractivity contribution >= 4 is 22.7 Å². The number of rotatable bonds is 6. The van der Waals surface area contributed by atoms with Crippen molar-refractivity contribution in [3.05, 3.63) is 53.5 Å². The van der Waals surface area contributed by atoms with E-state index in [2.05, 4.69) is 25.4 Å². The van der Waals surface area contributed by atoms with E-state index in [-0.39, 0.29) is 0 Å². The molecule has 1 aromatic carbocycles. The normalized spacial score (nSPS) is 10.9. The van der Waals surface area contributed by atoms with Gasteiger partial charge in [-0.1, -0.05) is 6.07 Å². The lowest BCUT2D eigenvalue weighted by Gasteiger charge is -2.12. The molecule has 9 nitrogen and oxygen atoms in total. The van der Waals surface area contributed by atoms with E-state index < -0.39 is 0 Å². The number of nitrogens with one attached hydrogen (secondary N) is 1. The fraction of sp³-hybridized carbons (Fsp3) is 0.238. The minimum absolute atomic E-state index is 0.362. The first-order valence-electron chi connectivity index (χ1n) is 9.40. The molecule has 0 unspecified atom stereocenters. The number of nitrogen functional groups attached to an aromatic ring is 1. The highest BCUT2D eigenvalue weighted by atomic mass is 16.5. The number of nitrogens with two attached hydrogens (primary N) is 1. The van der Waals surface area contributed by atoms with Gasteiger partial charge in [0.15, 0.2) is 17.3 Å². The molecule has 0 atom stereocenters. The fourth-order valence-electron chi connectivity index (χ4n) is 3.25. The zero-order valence-corrected chi connectivity index (χ0v) is 17.3. The number of fused-ring (bicyclic) bond motifs is 1. The van der Waals surface area contributed by atoms with Gasteiger partial charge in [-0.25, -0.2) is 14.6 Å². The van der Waals surface area contributed by atoms with E-state index in [9.17, 15) is 0 Å². The predicted molar refractivity (Wildman–Crippen MR) is 115 cm³/mol. The van der Waals surface area contributed by atoms with Gasteiger partial charge in [-0.15, -0.1) is 0 Å². The van der Waals surface area contributed by atoms with Crippen LogP contribution in [-0.2, 0) is 6.54 Å². The summed E-state index contributed by atoms with van der Waals surface area (Å²) in [5, 5.41) is 8.36. The summed E-state index contributed by atoms with van der Waals surface area (Å²) in [6.45, 7) is 4.47. The van der Waals surface area contributed by atoms with E-state index >= 15 is 0 Å². The van der Waals surface area contributed by atoms with Gasteiger partial charge in [-0.2, -0.15) is 10.1 Å². The topological polar surface area (TPSA) is 113 Å². The average Bonchev–Trinajstić information content (AvgIpc) is 3.09. The number of anilines is 2. The lowest BCUT2D eigenvalue weighted by Crippen LogP contribution is -2.07. The Hall–Kier alpha value is -3.88. The van der Waals surface area contributed by atoms with Gasteiger partial charge in [0.1, 0.15) is 5.82 Å². The summed E-state index contributed by atoms with van der Waals surface area (Å²) in [5.74, 6) is 2.72. The molecule has 4 rings (SSSR count). The standard InChI is InChI=1S/C21H23N7O2/c1-12-7-13(2)28(27-12)19-6-5-14(10-23-19)11-24-21-25-16-9-18(30-4)17(29-3)8-15(16)20(22)26-21/h5-10H,11H2,1-4H3,(H3,22,24,25,26). The molecule has 154 valence electrons. The molecule has 3 heterocycles. The molecule has 0 aliphatic carbocycles. The molecule has 0 saturated heterocycles. The third-order valence-electron chi connectivity index (χ3n) is 4.72. The minimum atomic E-state index is 0.362. The van der Waals surface area contributed by atoms with Gasteiger partial charge in [0.2, 0.25) is 5.95 Å². The predicted octanol–water partition coefficient (Wildman–Crippen LogP) is 3.04. The summed E-state index contributed by atoms with van der Waals surface area (Å²) >= 11 is 0. The number of nitrogens with zero attached hydrogens (tertiary/aromatic N) is 5. The van der Waals surface area contributed by atoms with Crippen LogP contribution in [0.2, 0.25) is 0 Å². The van der Waals surface area contributed by atoms with E-state index in [0.29, 0.717) is 40.7 Å². The van der Waals surface area contributed by atoms with Crippen molar-refractivity contribution in [2.24, 2.45) is 0 Å². The lowest BCUT2D eigenvalue weighted by atomic mass is 10.2. The Bertz CT molecular complexity index is 1200. The highest BCUT2D eigenvalue weighted by Gasteiger charge is 2.12. The van der Waals surface area contributed by atoms with E-state index in [1.807, 2.05) is 36.7 Å². The molecule has 0 bridgehead atoms. The maximum atomic E-state index is 6.13. The second kappa shape index (κ2) is 7.86. The molecule has 0 amide bonds. The number of aromatic nitrogens is 5. The van der Waals surface area contributed by atoms with Crippen LogP contribution in [0.4, 0.5) is 11.8 Å². The number of aryl methyl sites for hydroxylation is 2. The Kier molecular flexibility index (Phi) is 5.09. The molecule has 0 saturated carbocycles. The summed E-state index contributed by atoms with van der Waals surface area (Å²) in [6, 6.07) is 9.49. The zero-order chi connectivity index (χ0) is 21.3. The van der Waals surface area contributed by atoms with E-state index in [1.54, 1.807) is 32.5 Å². The molecule has 0 aliphatic rings. The first-order valence-corrected chi connectivity index (χ1v) is 9.40. The van der Waals surface area contributed by atoms with Gasteiger partial charge in [0.05, 0.1) is 25.4 Å². The molecule has 30 heavy (non-hydrogen) atoms. The maximum absolute atomic E-state index is 6.13. The molecule has 3 aromatic heterocycles. The van der Waals surface area contributed by atoms with Gasteiger partial charge in [0.25, 0.3) is 0 Å². The Morgan fingerprint density at radius 3 is 2.43 bits per heavy atom. The summed E-state index contributed by atoms with van der Waals surface area (Å²) in [7, 11) is 3.15. The van der Waals surface area contributed by atoms with E-state index in [4.69, 9.17) is 15.2 Å². The average molecular weight is 405 g/mol. The molecule has 3 N–H and O–H groups in total. The van der Waals surface area contributed by atoms with Crippen molar-refractivity contribution in [3.63, 3.8) is 0 Å². The highest BCUT2D eigenvalue weighted by Crippen LogP contribution is 2.33. The molecular weight excluding hydrogens is 382 g/mol. The van der Waals surface area contributed by atoms with Crippen molar-refractivity contribution < 1.29 is 9.47 Å². The number of benzene rings is 1. The van der Waals surface area contributed by atoms with Gasteiger partial charge in [-0.3, -0.25) is 0 Å². The Morgan fingerprint density at radius 1 is 1.03 bits per heavy atom. The minimum Gasteiger partial charge on any atom is -0.493 e. The number of pyridine rings is 1. The van der Waals surface area contributed by atoms with Crippen LogP contribution in [0.15, 0.2) is 36.5 Å². The molecular formula is C21H23N7O2. The van der Waals surface area contributed by atoms with Crippen molar-refractivity contribution in [1.29, 1.82) is 0 Å². The van der Waals surface area contributed by atoms with Crippen LogP contribution >= 0.6 is 0 Å². The SMILES string of the molecule is COc1cc2nc(NCc3ccc(-n4nc(C)cc4C)nc3)nc(N)c2cc1OC. The number of hydrogen-bond donors (Lipinski definition) is 2. The summed E-state index contributed by atoms with van der Waals surface area (Å²) in [4.78, 5) is 13.4. The second-order valence-corrected chi connectivity index (χ2v) is 6.87. The third kappa shape index (κ3) is 3.69. The third-order valence-corrected chi connectivity index (χ3v) is 4.72. The van der Waals surface area contributed by atoms with E-state index in [0.717, 1.165) is 22.8 Å². The summed E-state index contributed by atoms with van der Waals surface area (Å²) < 4.78 is 12.5. The number of methoxy groups -OCH3 is 2. The Labute approximate surface area is 173 Å². The van der Waals surface area contributed by atoms with Crippen LogP contribution < -0.4 is 20.5 Å². The largest absolute Gasteiger partial charge is 0.493 e. The van der Waals surface area contributed by atoms with Crippen LogP contribution in [0.3, 0.4) is 0 Å². The summed E-state index contributed by atoms with van der Waals surface area (Å²) in [6.07, 6.45) is 1.80. The van der Waals surface area contributed by atoms with Crippen molar-refractivity contribution in [3.8, 4) is 17.3 Å². The van der Waals surface area contributed by atoms with Crippen LogP contribution in [-0.4, -0.2) is 39.0 Å². The van der Waals surface area contributed by atoms with E-state index in [1.165, 1.54) is 0 Å². The highest BCUT2D eigenvalue weighted by molar-refractivity contribution is 5.91. The first-order chi connectivity index (χ1) is 14.5. The maximum Gasteiger partial charge on any atom is 0.225 e. The monoisotopic (exact) mass is 405 g/mol. The van der Waals surface area contributed by atoms with Gasteiger partial charge in [-0.05, 0) is 37.6 Å². The van der Waals surface area contributed by atoms with Crippen molar-refractivity contribution in [2.45, 2.75) is 20.4 Å².